The fraction of sp³-hybridized carbons (Fsp3) is 0.833. The van der Waals surface area contributed by atoms with Gasteiger partial charge in [-0.15, -0.1) is 0 Å². The molecule has 8 heteroatoms. The molecule has 1 N–H and O–H groups in total. The molecule has 2 heterocycles. The first-order valence-electron chi connectivity index (χ1n) is 6.66. The van der Waals surface area contributed by atoms with E-state index >= 15 is 0 Å². The van der Waals surface area contributed by atoms with E-state index in [2.05, 4.69) is 0 Å². The minimum atomic E-state index is -4.86. The molecule has 0 aromatic rings. The third-order valence-corrected chi connectivity index (χ3v) is 3.60. The summed E-state index contributed by atoms with van der Waals surface area (Å²) < 4.78 is 41.7. The van der Waals surface area contributed by atoms with Crippen LogP contribution < -0.4 is 5.32 Å². The minimum absolute atomic E-state index is 0.0944. The molecule has 114 valence electrons. The Morgan fingerprint density at radius 2 is 1.80 bits per heavy atom. The maximum absolute atomic E-state index is 12.1. The van der Waals surface area contributed by atoms with Crippen molar-refractivity contribution in [2.75, 3.05) is 19.7 Å². The number of rotatable bonds is 2. The van der Waals surface area contributed by atoms with Gasteiger partial charge in [0.1, 0.15) is 6.10 Å². The van der Waals surface area contributed by atoms with Crippen LogP contribution in [0.15, 0.2) is 0 Å². The topological polar surface area (TPSA) is 58.6 Å². The Kier molecular flexibility index (Phi) is 4.52. The summed E-state index contributed by atoms with van der Waals surface area (Å²) in [5, 5.41) is 1.95. The predicted octanol–water partition coefficient (Wildman–Crippen LogP) is 0.835. The number of amides is 2. The van der Waals surface area contributed by atoms with E-state index in [1.54, 1.807) is 4.90 Å². The van der Waals surface area contributed by atoms with E-state index in [-0.39, 0.29) is 5.91 Å². The average Bonchev–Trinajstić information content (AvgIpc) is 2.91. The first-order valence-corrected chi connectivity index (χ1v) is 6.66. The predicted molar refractivity (Wildman–Crippen MR) is 62.8 cm³/mol. The zero-order valence-corrected chi connectivity index (χ0v) is 10.9. The van der Waals surface area contributed by atoms with Crippen molar-refractivity contribution in [2.45, 2.75) is 44.0 Å². The maximum atomic E-state index is 12.1. The van der Waals surface area contributed by atoms with Crippen LogP contribution in [-0.2, 0) is 14.3 Å². The molecule has 2 aliphatic rings. The lowest BCUT2D eigenvalue weighted by molar-refractivity contribution is -0.174. The number of nitrogens with zero attached hydrogens (tertiary/aromatic N) is 1. The smallest absolute Gasteiger partial charge is 0.368 e. The van der Waals surface area contributed by atoms with Crippen molar-refractivity contribution in [3.05, 3.63) is 0 Å². The highest BCUT2D eigenvalue weighted by atomic mass is 19.4. The van der Waals surface area contributed by atoms with Gasteiger partial charge < -0.3 is 15.0 Å². The molecule has 0 aromatic carbocycles. The summed E-state index contributed by atoms with van der Waals surface area (Å²) in [4.78, 5) is 24.4. The number of likely N-dealkylation sites (tertiary alicyclic amines) is 1. The SMILES string of the molecule is O=C(C1CCCO1)N1CCC(NC(=O)C(F)(F)F)CC1. The molecule has 2 amide bonds. The average molecular weight is 294 g/mol. The lowest BCUT2D eigenvalue weighted by Crippen LogP contribution is -2.51. The van der Waals surface area contributed by atoms with Gasteiger partial charge in [0.05, 0.1) is 0 Å². The summed E-state index contributed by atoms with van der Waals surface area (Å²) in [5.74, 6) is -2.01. The lowest BCUT2D eigenvalue weighted by Gasteiger charge is -2.33. The number of piperidine rings is 1. The highest BCUT2D eigenvalue weighted by Crippen LogP contribution is 2.20. The molecular formula is C12H17F3N2O3. The largest absolute Gasteiger partial charge is 0.471 e. The first-order chi connectivity index (χ1) is 9.38. The molecular weight excluding hydrogens is 277 g/mol. The second kappa shape index (κ2) is 5.99. The van der Waals surface area contributed by atoms with Crippen molar-refractivity contribution in [2.24, 2.45) is 0 Å². The quantitative estimate of drug-likeness (QED) is 0.821. The van der Waals surface area contributed by atoms with E-state index in [4.69, 9.17) is 4.74 Å². The van der Waals surface area contributed by atoms with Gasteiger partial charge in [-0.3, -0.25) is 9.59 Å². The highest BCUT2D eigenvalue weighted by molar-refractivity contribution is 5.82. The fourth-order valence-electron chi connectivity index (χ4n) is 2.49. The van der Waals surface area contributed by atoms with Gasteiger partial charge in [-0.05, 0) is 25.7 Å². The molecule has 2 saturated heterocycles. The van der Waals surface area contributed by atoms with Crippen molar-refractivity contribution in [1.29, 1.82) is 0 Å². The van der Waals surface area contributed by atoms with Gasteiger partial charge in [-0.2, -0.15) is 13.2 Å². The number of alkyl halides is 3. The summed E-state index contributed by atoms with van der Waals surface area (Å²) in [5.41, 5.74) is 0. The van der Waals surface area contributed by atoms with Crippen molar-refractivity contribution >= 4 is 11.8 Å². The number of ether oxygens (including phenoxy) is 1. The Hall–Kier alpha value is -1.31. The summed E-state index contributed by atoms with van der Waals surface area (Å²) in [6, 6.07) is -0.530. The molecule has 0 radical (unpaired) electrons. The van der Waals surface area contributed by atoms with Gasteiger partial charge >= 0.3 is 12.1 Å². The van der Waals surface area contributed by atoms with Crippen LogP contribution >= 0.6 is 0 Å². The molecule has 5 nitrogen and oxygen atoms in total. The summed E-state index contributed by atoms with van der Waals surface area (Å²) in [6.07, 6.45) is -3.04. The van der Waals surface area contributed by atoms with Crippen LogP contribution in [-0.4, -0.2) is 54.7 Å². The number of hydrogen-bond donors (Lipinski definition) is 1. The van der Waals surface area contributed by atoms with Crippen LogP contribution in [0.2, 0.25) is 0 Å². The molecule has 0 aliphatic carbocycles. The maximum Gasteiger partial charge on any atom is 0.471 e. The van der Waals surface area contributed by atoms with Crippen molar-refractivity contribution in [3.8, 4) is 0 Å². The Labute approximate surface area is 114 Å². The van der Waals surface area contributed by atoms with Gasteiger partial charge in [0.15, 0.2) is 0 Å². The van der Waals surface area contributed by atoms with E-state index in [9.17, 15) is 22.8 Å². The summed E-state index contributed by atoms with van der Waals surface area (Å²) >= 11 is 0. The summed E-state index contributed by atoms with van der Waals surface area (Å²) in [7, 11) is 0. The van der Waals surface area contributed by atoms with Crippen LogP contribution in [0.3, 0.4) is 0 Å². The molecule has 0 bridgehead atoms. The van der Waals surface area contributed by atoms with Gasteiger partial charge in [-0.25, -0.2) is 0 Å². The van der Waals surface area contributed by atoms with Crippen LogP contribution in [0, 0.1) is 0 Å². The van der Waals surface area contributed by atoms with Gasteiger partial charge in [-0.1, -0.05) is 0 Å². The monoisotopic (exact) mass is 294 g/mol. The second-order valence-corrected chi connectivity index (χ2v) is 5.07. The Bertz CT molecular complexity index is 373. The molecule has 1 atom stereocenters. The van der Waals surface area contributed by atoms with E-state index in [0.717, 1.165) is 6.42 Å². The molecule has 2 rings (SSSR count). The Balaban J connectivity index is 1.77. The normalized spacial score (nSPS) is 24.8. The standard InChI is InChI=1S/C12H17F3N2O3/c13-12(14,15)11(19)16-8-3-5-17(6-4-8)10(18)9-2-1-7-20-9/h8-9H,1-7H2,(H,16,19). The van der Waals surface area contributed by atoms with Crippen molar-refractivity contribution in [3.63, 3.8) is 0 Å². The minimum Gasteiger partial charge on any atom is -0.368 e. The molecule has 20 heavy (non-hydrogen) atoms. The number of carbonyl (C=O) groups is 2. The van der Waals surface area contributed by atoms with Crippen LogP contribution in [0.5, 0.6) is 0 Å². The highest BCUT2D eigenvalue weighted by Gasteiger charge is 2.40. The van der Waals surface area contributed by atoms with Crippen molar-refractivity contribution in [1.82, 2.24) is 10.2 Å². The van der Waals surface area contributed by atoms with E-state index in [0.29, 0.717) is 39.0 Å². The molecule has 0 aromatic heterocycles. The fourth-order valence-corrected chi connectivity index (χ4v) is 2.49. The molecule has 1 unspecified atom stereocenters. The van der Waals surface area contributed by atoms with Crippen LogP contribution in [0.4, 0.5) is 13.2 Å². The van der Waals surface area contributed by atoms with E-state index < -0.39 is 24.2 Å². The summed E-state index contributed by atoms with van der Waals surface area (Å²) in [6.45, 7) is 1.28. The third-order valence-electron chi connectivity index (χ3n) is 3.60. The molecule has 0 spiro atoms. The Morgan fingerprint density at radius 1 is 1.15 bits per heavy atom. The molecule has 2 fully saturated rings. The molecule has 2 aliphatic heterocycles. The zero-order chi connectivity index (χ0) is 14.8. The Morgan fingerprint density at radius 3 is 2.30 bits per heavy atom. The van der Waals surface area contributed by atoms with E-state index in [1.165, 1.54) is 0 Å². The zero-order valence-electron chi connectivity index (χ0n) is 10.9. The lowest BCUT2D eigenvalue weighted by atomic mass is 10.0. The number of carbonyl (C=O) groups excluding carboxylic acids is 2. The molecule has 0 saturated carbocycles. The second-order valence-electron chi connectivity index (χ2n) is 5.07. The van der Waals surface area contributed by atoms with Crippen LogP contribution in [0.25, 0.3) is 0 Å². The van der Waals surface area contributed by atoms with E-state index in [1.807, 2.05) is 5.32 Å². The van der Waals surface area contributed by atoms with Gasteiger partial charge in [0.2, 0.25) is 0 Å². The van der Waals surface area contributed by atoms with Gasteiger partial charge in [0.25, 0.3) is 5.91 Å². The number of hydrogen-bond acceptors (Lipinski definition) is 3. The van der Waals surface area contributed by atoms with Crippen LogP contribution in [0.1, 0.15) is 25.7 Å². The first kappa shape index (κ1) is 15.1. The van der Waals surface area contributed by atoms with Crippen molar-refractivity contribution < 1.29 is 27.5 Å². The van der Waals surface area contributed by atoms with Gasteiger partial charge in [0, 0.05) is 25.7 Å². The number of halogens is 3. The third kappa shape index (κ3) is 3.62. The number of nitrogens with one attached hydrogen (secondary N) is 1.